The lowest BCUT2D eigenvalue weighted by atomic mass is 10.1. The molecule has 0 unspecified atom stereocenters. The molecule has 0 radical (unpaired) electrons. The summed E-state index contributed by atoms with van der Waals surface area (Å²) in [5, 5.41) is 4.09. The minimum Gasteiger partial charge on any atom is -0.364 e. The van der Waals surface area contributed by atoms with Crippen molar-refractivity contribution >= 4 is 29.1 Å². The van der Waals surface area contributed by atoms with E-state index in [1.54, 1.807) is 18.2 Å². The third-order valence-electron chi connectivity index (χ3n) is 3.40. The first kappa shape index (κ1) is 15.6. The Morgan fingerprint density at radius 3 is 2.65 bits per heavy atom. The van der Waals surface area contributed by atoms with Crippen molar-refractivity contribution in [3.8, 4) is 0 Å². The molecule has 0 bridgehead atoms. The van der Waals surface area contributed by atoms with E-state index in [0.717, 1.165) is 18.4 Å². The lowest BCUT2D eigenvalue weighted by Gasteiger charge is -2.13. The van der Waals surface area contributed by atoms with Gasteiger partial charge in [-0.05, 0) is 37.0 Å². The molecule has 1 fully saturated rings. The second kappa shape index (κ2) is 7.27. The summed E-state index contributed by atoms with van der Waals surface area (Å²) in [7, 11) is 0. The van der Waals surface area contributed by atoms with Gasteiger partial charge < -0.3 is 15.8 Å². The first-order chi connectivity index (χ1) is 9.61. The Morgan fingerprint density at radius 1 is 1.35 bits per heavy atom. The van der Waals surface area contributed by atoms with Crippen LogP contribution in [0.4, 0.5) is 0 Å². The van der Waals surface area contributed by atoms with Crippen LogP contribution in [0.3, 0.4) is 0 Å². The van der Waals surface area contributed by atoms with Crippen LogP contribution in [0.15, 0.2) is 18.2 Å². The van der Waals surface area contributed by atoms with Crippen molar-refractivity contribution in [1.29, 1.82) is 0 Å². The molecule has 2 rings (SSSR count). The quantitative estimate of drug-likeness (QED) is 0.875. The van der Waals surface area contributed by atoms with E-state index < -0.39 is 0 Å². The van der Waals surface area contributed by atoms with Crippen LogP contribution in [0.2, 0.25) is 10.0 Å². The number of benzene rings is 1. The summed E-state index contributed by atoms with van der Waals surface area (Å²) in [6.07, 6.45) is 1.77. The predicted octanol–water partition coefficient (Wildman–Crippen LogP) is 2.16. The van der Waals surface area contributed by atoms with Crippen LogP contribution in [0.25, 0.3) is 0 Å². The fourth-order valence-corrected chi connectivity index (χ4v) is 2.85. The maximum absolute atomic E-state index is 11.9. The van der Waals surface area contributed by atoms with E-state index in [1.165, 1.54) is 0 Å². The lowest BCUT2D eigenvalue weighted by Crippen LogP contribution is -2.36. The summed E-state index contributed by atoms with van der Waals surface area (Å²) < 4.78 is 5.53. The number of rotatable bonds is 5. The smallest absolute Gasteiger partial charge is 0.249 e. The number of hydrogen-bond acceptors (Lipinski definition) is 3. The molecule has 20 heavy (non-hydrogen) atoms. The zero-order chi connectivity index (χ0) is 14.5. The molecule has 1 aromatic rings. The molecule has 0 aliphatic carbocycles. The van der Waals surface area contributed by atoms with Crippen molar-refractivity contribution < 1.29 is 9.53 Å². The van der Waals surface area contributed by atoms with Gasteiger partial charge in [-0.2, -0.15) is 0 Å². The van der Waals surface area contributed by atoms with Crippen molar-refractivity contribution in [3.05, 3.63) is 33.8 Å². The Bertz CT molecular complexity index is 462. The Hall–Kier alpha value is -0.810. The molecule has 6 heteroatoms. The van der Waals surface area contributed by atoms with Crippen LogP contribution in [0, 0.1) is 0 Å². The molecular formula is C14H18Cl2N2O2. The summed E-state index contributed by atoms with van der Waals surface area (Å²) >= 11 is 12.1. The lowest BCUT2D eigenvalue weighted by molar-refractivity contribution is -0.131. The van der Waals surface area contributed by atoms with E-state index in [2.05, 4.69) is 5.32 Å². The third kappa shape index (κ3) is 3.85. The summed E-state index contributed by atoms with van der Waals surface area (Å²) in [5.41, 5.74) is 6.37. The number of ether oxygens (including phenoxy) is 1. The average Bonchev–Trinajstić information content (AvgIpc) is 2.91. The molecule has 110 valence electrons. The number of hydrogen-bond donors (Lipinski definition) is 2. The highest BCUT2D eigenvalue weighted by Crippen LogP contribution is 2.24. The van der Waals surface area contributed by atoms with E-state index in [4.69, 9.17) is 33.7 Å². The van der Waals surface area contributed by atoms with Crippen LogP contribution in [0.5, 0.6) is 0 Å². The SMILES string of the molecule is NC[C@H]1CC[C@@H](C(=O)NCCc2c(Cl)cccc2Cl)O1. The zero-order valence-corrected chi connectivity index (χ0v) is 12.6. The Kier molecular flexibility index (Phi) is 5.66. The molecule has 1 heterocycles. The fraction of sp³-hybridized carbons (Fsp3) is 0.500. The van der Waals surface area contributed by atoms with E-state index >= 15 is 0 Å². The van der Waals surface area contributed by atoms with Gasteiger partial charge in [-0.15, -0.1) is 0 Å². The van der Waals surface area contributed by atoms with Gasteiger partial charge in [0.25, 0.3) is 0 Å². The van der Waals surface area contributed by atoms with Gasteiger partial charge in [0, 0.05) is 23.1 Å². The Morgan fingerprint density at radius 2 is 2.05 bits per heavy atom. The molecule has 0 spiro atoms. The van der Waals surface area contributed by atoms with Gasteiger partial charge in [0.2, 0.25) is 5.91 Å². The highest BCUT2D eigenvalue weighted by molar-refractivity contribution is 6.35. The molecule has 1 saturated heterocycles. The minimum absolute atomic E-state index is 0.00348. The predicted molar refractivity (Wildman–Crippen MR) is 80.1 cm³/mol. The van der Waals surface area contributed by atoms with Crippen molar-refractivity contribution in [3.63, 3.8) is 0 Å². The maximum atomic E-state index is 11.9. The molecule has 0 saturated carbocycles. The number of nitrogens with two attached hydrogens (primary N) is 1. The number of nitrogens with one attached hydrogen (secondary N) is 1. The standard InChI is InChI=1S/C14H18Cl2N2O2/c15-11-2-1-3-12(16)10(11)6-7-18-14(19)13-5-4-9(8-17)20-13/h1-3,9,13H,4-8,17H2,(H,18,19)/t9-,13+/m1/s1. The molecule has 1 amide bonds. The number of amides is 1. The molecule has 4 nitrogen and oxygen atoms in total. The normalized spacial score (nSPS) is 21.9. The van der Waals surface area contributed by atoms with Crippen LogP contribution < -0.4 is 11.1 Å². The van der Waals surface area contributed by atoms with E-state index in [9.17, 15) is 4.79 Å². The van der Waals surface area contributed by atoms with Gasteiger partial charge in [0.05, 0.1) is 6.10 Å². The van der Waals surface area contributed by atoms with Crippen molar-refractivity contribution in [1.82, 2.24) is 5.32 Å². The molecule has 1 aromatic carbocycles. The van der Waals surface area contributed by atoms with Gasteiger partial charge in [-0.25, -0.2) is 0 Å². The van der Waals surface area contributed by atoms with Crippen LogP contribution in [0.1, 0.15) is 18.4 Å². The minimum atomic E-state index is -0.384. The van der Waals surface area contributed by atoms with Crippen LogP contribution in [-0.4, -0.2) is 31.2 Å². The number of carbonyl (C=O) groups excluding carboxylic acids is 1. The van der Waals surface area contributed by atoms with Gasteiger partial charge in [-0.3, -0.25) is 4.79 Å². The summed E-state index contributed by atoms with van der Waals surface area (Å²) in [6.45, 7) is 0.939. The molecule has 3 N–H and O–H groups in total. The maximum Gasteiger partial charge on any atom is 0.249 e. The highest BCUT2D eigenvalue weighted by Gasteiger charge is 2.29. The molecule has 1 aliphatic heterocycles. The molecule has 1 aliphatic rings. The number of halogens is 2. The average molecular weight is 317 g/mol. The van der Waals surface area contributed by atoms with Crippen LogP contribution >= 0.6 is 23.2 Å². The fourth-order valence-electron chi connectivity index (χ4n) is 2.27. The van der Waals surface area contributed by atoms with E-state index in [0.29, 0.717) is 29.6 Å². The third-order valence-corrected chi connectivity index (χ3v) is 4.11. The highest BCUT2D eigenvalue weighted by atomic mass is 35.5. The van der Waals surface area contributed by atoms with Crippen molar-refractivity contribution in [2.75, 3.05) is 13.1 Å². The molecule has 2 atom stereocenters. The van der Waals surface area contributed by atoms with Gasteiger partial charge >= 0.3 is 0 Å². The topological polar surface area (TPSA) is 64.4 Å². The van der Waals surface area contributed by atoms with Gasteiger partial charge in [0.1, 0.15) is 6.10 Å². The molecular weight excluding hydrogens is 299 g/mol. The van der Waals surface area contributed by atoms with E-state index in [1.807, 2.05) is 0 Å². The first-order valence-electron chi connectivity index (χ1n) is 6.68. The monoisotopic (exact) mass is 316 g/mol. The summed E-state index contributed by atoms with van der Waals surface area (Å²) in [5.74, 6) is -0.0934. The largest absolute Gasteiger partial charge is 0.364 e. The Labute approximate surface area is 128 Å². The molecule has 0 aromatic heterocycles. The van der Waals surface area contributed by atoms with Crippen LogP contribution in [-0.2, 0) is 16.0 Å². The van der Waals surface area contributed by atoms with Gasteiger partial charge in [0.15, 0.2) is 0 Å². The van der Waals surface area contributed by atoms with Crippen molar-refractivity contribution in [2.24, 2.45) is 5.73 Å². The second-order valence-corrected chi connectivity index (χ2v) is 5.62. The summed E-state index contributed by atoms with van der Waals surface area (Å²) in [4.78, 5) is 11.9. The number of carbonyl (C=O) groups is 1. The van der Waals surface area contributed by atoms with Gasteiger partial charge in [-0.1, -0.05) is 29.3 Å². The zero-order valence-electron chi connectivity index (χ0n) is 11.1. The summed E-state index contributed by atoms with van der Waals surface area (Å²) in [6, 6.07) is 5.37. The van der Waals surface area contributed by atoms with E-state index in [-0.39, 0.29) is 18.1 Å². The first-order valence-corrected chi connectivity index (χ1v) is 7.43. The Balaban J connectivity index is 1.80. The van der Waals surface area contributed by atoms with Crippen molar-refractivity contribution in [2.45, 2.75) is 31.5 Å². The second-order valence-electron chi connectivity index (χ2n) is 4.80.